The van der Waals surface area contributed by atoms with Crippen molar-refractivity contribution < 1.29 is 17.6 Å². The van der Waals surface area contributed by atoms with Gasteiger partial charge in [-0.05, 0) is 0 Å². The molecule has 1 aromatic heterocycles. The minimum Gasteiger partial charge on any atom is -0.382 e. The van der Waals surface area contributed by atoms with Crippen LogP contribution in [0.25, 0.3) is 0 Å². The Morgan fingerprint density at radius 2 is 1.86 bits per heavy atom. The molecule has 0 unspecified atom stereocenters. The Morgan fingerprint density at radius 3 is 2.38 bits per heavy atom. The standard InChI is InChI=1S/C8H13FN8O3S/c1-17(2)21(19,20)16-8(12)15-7(18)3-5(10)14-6(11)4(9)13-3/h1-2H3,(H4,10,11,14)(H3,12,15,16,18). The van der Waals surface area contributed by atoms with E-state index in [0.29, 0.717) is 0 Å². The Labute approximate surface area is 119 Å². The Morgan fingerprint density at radius 1 is 1.29 bits per heavy atom. The molecule has 11 nitrogen and oxygen atoms in total. The van der Waals surface area contributed by atoms with Crippen LogP contribution in [0, 0.1) is 5.95 Å². The summed E-state index contributed by atoms with van der Waals surface area (Å²) in [6.45, 7) is 0. The largest absolute Gasteiger partial charge is 0.382 e. The molecule has 0 atom stereocenters. The number of nitrogens with one attached hydrogen (secondary N) is 1. The lowest BCUT2D eigenvalue weighted by Gasteiger charge is -2.09. The maximum atomic E-state index is 13.1. The van der Waals surface area contributed by atoms with E-state index in [0.717, 1.165) is 4.31 Å². The normalized spacial score (nSPS) is 12.5. The monoisotopic (exact) mass is 320 g/mol. The molecule has 13 heteroatoms. The molecule has 116 valence electrons. The molecule has 21 heavy (non-hydrogen) atoms. The van der Waals surface area contributed by atoms with Gasteiger partial charge in [0, 0.05) is 14.1 Å². The molecule has 0 bridgehead atoms. The second kappa shape index (κ2) is 5.84. The molecule has 0 radical (unpaired) electrons. The van der Waals surface area contributed by atoms with Gasteiger partial charge in [-0.15, -0.1) is 4.40 Å². The van der Waals surface area contributed by atoms with Crippen LogP contribution in [0.5, 0.6) is 0 Å². The molecule has 1 aromatic rings. The van der Waals surface area contributed by atoms with Gasteiger partial charge in [0.25, 0.3) is 11.9 Å². The van der Waals surface area contributed by atoms with Crippen LogP contribution in [0.3, 0.4) is 0 Å². The second-order valence-corrected chi connectivity index (χ2v) is 5.63. The average Bonchev–Trinajstić information content (AvgIpc) is 2.32. The van der Waals surface area contributed by atoms with Crippen LogP contribution in [0.1, 0.15) is 10.5 Å². The quantitative estimate of drug-likeness (QED) is 0.352. The number of halogens is 1. The van der Waals surface area contributed by atoms with Gasteiger partial charge in [0.1, 0.15) is 0 Å². The number of anilines is 2. The van der Waals surface area contributed by atoms with E-state index in [-0.39, 0.29) is 0 Å². The van der Waals surface area contributed by atoms with Crippen molar-refractivity contribution in [3.8, 4) is 0 Å². The molecule has 0 aliphatic carbocycles. The summed E-state index contributed by atoms with van der Waals surface area (Å²) in [6.07, 6.45) is 0. The van der Waals surface area contributed by atoms with E-state index in [9.17, 15) is 17.6 Å². The first kappa shape index (κ1) is 16.5. The maximum Gasteiger partial charge on any atom is 0.325 e. The Kier molecular flexibility index (Phi) is 4.59. The van der Waals surface area contributed by atoms with Gasteiger partial charge in [0.15, 0.2) is 17.3 Å². The van der Waals surface area contributed by atoms with Crippen LogP contribution in [0.4, 0.5) is 16.0 Å². The molecule has 1 amide bonds. The molecule has 0 aliphatic heterocycles. The van der Waals surface area contributed by atoms with Crippen molar-refractivity contribution in [3.63, 3.8) is 0 Å². The molecular weight excluding hydrogens is 307 g/mol. The first-order chi connectivity index (χ1) is 9.54. The van der Waals surface area contributed by atoms with Crippen LogP contribution in [-0.4, -0.2) is 48.7 Å². The molecular formula is C8H13FN8O3S. The zero-order valence-corrected chi connectivity index (χ0v) is 11.8. The number of carbonyl (C=O) groups is 1. The van der Waals surface area contributed by atoms with Gasteiger partial charge in [0.05, 0.1) is 0 Å². The van der Waals surface area contributed by atoms with Crippen molar-refractivity contribution in [1.29, 1.82) is 0 Å². The number of hydrogen-bond acceptors (Lipinski definition) is 7. The van der Waals surface area contributed by atoms with E-state index < -0.39 is 45.4 Å². The summed E-state index contributed by atoms with van der Waals surface area (Å²) in [6, 6.07) is 0. The lowest BCUT2D eigenvalue weighted by Crippen LogP contribution is -2.39. The highest BCUT2D eigenvalue weighted by Gasteiger charge is 2.19. The van der Waals surface area contributed by atoms with Gasteiger partial charge < -0.3 is 17.2 Å². The Bertz CT molecular complexity index is 702. The topological polar surface area (TPSA) is 183 Å². The van der Waals surface area contributed by atoms with E-state index in [1.54, 1.807) is 0 Å². The number of guanidine groups is 1. The van der Waals surface area contributed by atoms with Gasteiger partial charge in [-0.2, -0.15) is 17.1 Å². The van der Waals surface area contributed by atoms with Gasteiger partial charge in [0.2, 0.25) is 5.96 Å². The van der Waals surface area contributed by atoms with E-state index in [1.165, 1.54) is 14.1 Å². The molecule has 7 N–H and O–H groups in total. The predicted octanol–water partition coefficient (Wildman–Crippen LogP) is -2.37. The Hall–Kier alpha value is -2.54. The van der Waals surface area contributed by atoms with Gasteiger partial charge >= 0.3 is 10.2 Å². The fourth-order valence-corrected chi connectivity index (χ4v) is 1.47. The van der Waals surface area contributed by atoms with Crippen molar-refractivity contribution in [3.05, 3.63) is 11.6 Å². The highest BCUT2D eigenvalue weighted by molar-refractivity contribution is 7.87. The third kappa shape index (κ3) is 3.96. The summed E-state index contributed by atoms with van der Waals surface area (Å²) in [5.74, 6) is -4.07. The number of carbonyl (C=O) groups excluding carboxylic acids is 1. The first-order valence-corrected chi connectivity index (χ1v) is 6.62. The van der Waals surface area contributed by atoms with Gasteiger partial charge in [-0.1, -0.05) is 0 Å². The number of amides is 1. The van der Waals surface area contributed by atoms with Crippen molar-refractivity contribution in [2.75, 3.05) is 25.6 Å². The smallest absolute Gasteiger partial charge is 0.325 e. The van der Waals surface area contributed by atoms with Crippen LogP contribution in [-0.2, 0) is 10.2 Å². The minimum absolute atomic E-state index is 0.449. The number of aromatic nitrogens is 2. The van der Waals surface area contributed by atoms with Crippen molar-refractivity contribution >= 4 is 33.7 Å². The van der Waals surface area contributed by atoms with E-state index >= 15 is 0 Å². The lowest BCUT2D eigenvalue weighted by atomic mass is 10.4. The number of hydrogen-bond donors (Lipinski definition) is 4. The zero-order valence-electron chi connectivity index (χ0n) is 11.0. The summed E-state index contributed by atoms with van der Waals surface area (Å²) in [5.41, 5.74) is 15.1. The lowest BCUT2D eigenvalue weighted by molar-refractivity contribution is 0.0971. The molecule has 0 fully saturated rings. The first-order valence-electron chi connectivity index (χ1n) is 5.22. The predicted molar refractivity (Wildman–Crippen MR) is 72.5 cm³/mol. The molecule has 0 spiro atoms. The number of nitrogens with two attached hydrogens (primary N) is 3. The van der Waals surface area contributed by atoms with Crippen LogP contribution >= 0.6 is 0 Å². The fraction of sp³-hybridized carbons (Fsp3) is 0.250. The molecule has 0 aliphatic rings. The fourth-order valence-electron chi connectivity index (χ4n) is 1.01. The van der Waals surface area contributed by atoms with Gasteiger partial charge in [-0.3, -0.25) is 10.1 Å². The third-order valence-electron chi connectivity index (χ3n) is 2.04. The molecule has 1 heterocycles. The number of rotatable bonds is 3. The summed E-state index contributed by atoms with van der Waals surface area (Å²) < 4.78 is 39.8. The van der Waals surface area contributed by atoms with Crippen LogP contribution in [0.2, 0.25) is 0 Å². The van der Waals surface area contributed by atoms with E-state index in [4.69, 9.17) is 17.2 Å². The Balaban J connectivity index is 3.02. The SMILES string of the molecule is CN(C)S(=O)(=O)/N=C(\N)NC(=O)c1nc(F)c(N)nc1N. The summed E-state index contributed by atoms with van der Waals surface area (Å²) in [7, 11) is -1.60. The van der Waals surface area contributed by atoms with Crippen LogP contribution in [0.15, 0.2) is 4.40 Å². The van der Waals surface area contributed by atoms with Crippen molar-refractivity contribution in [2.24, 2.45) is 10.1 Å². The molecule has 1 rings (SSSR count). The number of nitrogen functional groups attached to an aromatic ring is 2. The van der Waals surface area contributed by atoms with Crippen LogP contribution < -0.4 is 22.5 Å². The second-order valence-electron chi connectivity index (χ2n) is 3.82. The zero-order chi connectivity index (χ0) is 16.4. The third-order valence-corrected chi connectivity index (χ3v) is 3.39. The summed E-state index contributed by atoms with van der Waals surface area (Å²) >= 11 is 0. The molecule has 0 saturated carbocycles. The minimum atomic E-state index is -4.03. The van der Waals surface area contributed by atoms with E-state index in [2.05, 4.69) is 14.4 Å². The maximum absolute atomic E-state index is 13.1. The average molecular weight is 320 g/mol. The van der Waals surface area contributed by atoms with E-state index in [1.807, 2.05) is 5.32 Å². The molecule has 0 saturated heterocycles. The summed E-state index contributed by atoms with van der Waals surface area (Å²) in [5, 5.41) is 1.89. The van der Waals surface area contributed by atoms with Crippen molar-refractivity contribution in [1.82, 2.24) is 19.6 Å². The molecule has 0 aromatic carbocycles. The number of nitrogens with zero attached hydrogens (tertiary/aromatic N) is 4. The highest BCUT2D eigenvalue weighted by Crippen LogP contribution is 2.11. The van der Waals surface area contributed by atoms with Crippen molar-refractivity contribution in [2.45, 2.75) is 0 Å². The summed E-state index contributed by atoms with van der Waals surface area (Å²) in [4.78, 5) is 18.3. The van der Waals surface area contributed by atoms with Gasteiger partial charge in [-0.25, -0.2) is 9.97 Å². The highest BCUT2D eigenvalue weighted by atomic mass is 32.2.